The summed E-state index contributed by atoms with van der Waals surface area (Å²) in [6, 6.07) is 7.35. The highest BCUT2D eigenvalue weighted by atomic mass is 16.1. The zero-order valence-corrected chi connectivity index (χ0v) is 10.5. The number of carbonyl (C=O) groups is 1. The van der Waals surface area contributed by atoms with Crippen LogP contribution in [0.15, 0.2) is 29.1 Å². The van der Waals surface area contributed by atoms with Gasteiger partial charge in [-0.25, -0.2) is 0 Å². The van der Waals surface area contributed by atoms with Crippen molar-refractivity contribution in [2.45, 2.75) is 26.7 Å². The average Bonchev–Trinajstić information content (AvgIpc) is 2.31. The van der Waals surface area contributed by atoms with E-state index in [1.807, 2.05) is 25.1 Å². The van der Waals surface area contributed by atoms with Crippen LogP contribution in [0.2, 0.25) is 0 Å². The van der Waals surface area contributed by atoms with Crippen LogP contribution in [-0.2, 0) is 4.79 Å². The van der Waals surface area contributed by atoms with Crippen molar-refractivity contribution in [3.8, 4) is 0 Å². The third-order valence-corrected chi connectivity index (χ3v) is 2.79. The minimum absolute atomic E-state index is 0.00805. The van der Waals surface area contributed by atoms with Crippen molar-refractivity contribution in [3.63, 3.8) is 0 Å². The van der Waals surface area contributed by atoms with Crippen LogP contribution >= 0.6 is 0 Å². The van der Waals surface area contributed by atoms with Crippen LogP contribution < -0.4 is 10.9 Å². The van der Waals surface area contributed by atoms with Crippen molar-refractivity contribution >= 4 is 22.5 Å². The number of hydrogen-bond donors (Lipinski definition) is 2. The number of rotatable bonds is 3. The summed E-state index contributed by atoms with van der Waals surface area (Å²) in [7, 11) is 0. The van der Waals surface area contributed by atoms with Gasteiger partial charge in [0.2, 0.25) is 5.91 Å². The van der Waals surface area contributed by atoms with Gasteiger partial charge in [0.1, 0.15) is 0 Å². The molecule has 0 bridgehead atoms. The van der Waals surface area contributed by atoms with Crippen molar-refractivity contribution in [3.05, 3.63) is 40.2 Å². The summed E-state index contributed by atoms with van der Waals surface area (Å²) in [5, 5.41) is 3.77. The van der Waals surface area contributed by atoms with Crippen LogP contribution in [0.3, 0.4) is 0 Å². The number of fused-ring (bicyclic) bond motifs is 1. The molecular weight excluding hydrogens is 228 g/mol. The van der Waals surface area contributed by atoms with Crippen molar-refractivity contribution in [2.75, 3.05) is 5.32 Å². The molecule has 2 rings (SSSR count). The zero-order chi connectivity index (χ0) is 13.1. The Morgan fingerprint density at radius 2 is 2.11 bits per heavy atom. The third kappa shape index (κ3) is 2.59. The Labute approximate surface area is 105 Å². The van der Waals surface area contributed by atoms with Crippen molar-refractivity contribution in [2.24, 2.45) is 0 Å². The molecule has 2 N–H and O–H groups in total. The van der Waals surface area contributed by atoms with Crippen LogP contribution in [0, 0.1) is 6.92 Å². The molecule has 0 saturated carbocycles. The van der Waals surface area contributed by atoms with Crippen LogP contribution in [0.4, 0.5) is 5.69 Å². The standard InChI is InChI=1S/C14H16N2O2/c1-3-4-13(17)15-11-6-5-10-7-9(2)14(18)16-12(10)8-11/h5-8H,3-4H2,1-2H3,(H,15,17)(H,16,18). The van der Waals surface area contributed by atoms with E-state index in [1.54, 1.807) is 13.0 Å². The fraction of sp³-hybridized carbons (Fsp3) is 0.286. The largest absolute Gasteiger partial charge is 0.326 e. The molecule has 0 unspecified atom stereocenters. The number of aromatic amines is 1. The maximum atomic E-state index is 11.5. The SMILES string of the molecule is CCCC(=O)Nc1ccc2cc(C)c(=O)[nH]c2c1. The molecule has 1 amide bonds. The second-order valence-electron chi connectivity index (χ2n) is 4.38. The van der Waals surface area contributed by atoms with Crippen molar-refractivity contribution < 1.29 is 4.79 Å². The normalized spacial score (nSPS) is 10.6. The lowest BCUT2D eigenvalue weighted by Crippen LogP contribution is -2.11. The van der Waals surface area contributed by atoms with Gasteiger partial charge in [0, 0.05) is 17.7 Å². The summed E-state index contributed by atoms with van der Waals surface area (Å²) in [5.74, 6) is -0.00805. The number of anilines is 1. The van der Waals surface area contributed by atoms with Gasteiger partial charge in [0.25, 0.3) is 5.56 Å². The topological polar surface area (TPSA) is 62.0 Å². The highest BCUT2D eigenvalue weighted by molar-refractivity contribution is 5.93. The predicted molar refractivity (Wildman–Crippen MR) is 72.8 cm³/mol. The third-order valence-electron chi connectivity index (χ3n) is 2.79. The Balaban J connectivity index is 2.35. The average molecular weight is 244 g/mol. The van der Waals surface area contributed by atoms with E-state index in [9.17, 15) is 9.59 Å². The second-order valence-corrected chi connectivity index (χ2v) is 4.38. The molecule has 4 nitrogen and oxygen atoms in total. The molecule has 2 aromatic rings. The van der Waals surface area contributed by atoms with E-state index in [4.69, 9.17) is 0 Å². The molecule has 94 valence electrons. The van der Waals surface area contributed by atoms with Crippen LogP contribution in [0.5, 0.6) is 0 Å². The van der Waals surface area contributed by atoms with E-state index < -0.39 is 0 Å². The summed E-state index contributed by atoms with van der Waals surface area (Å²) in [6.45, 7) is 3.73. The van der Waals surface area contributed by atoms with E-state index in [1.165, 1.54) is 0 Å². The lowest BCUT2D eigenvalue weighted by Gasteiger charge is -2.06. The first-order valence-corrected chi connectivity index (χ1v) is 6.03. The summed E-state index contributed by atoms with van der Waals surface area (Å²) < 4.78 is 0. The molecule has 0 saturated heterocycles. The minimum atomic E-state index is -0.0977. The number of carbonyl (C=O) groups excluding carboxylic acids is 1. The van der Waals surface area contributed by atoms with Crippen molar-refractivity contribution in [1.82, 2.24) is 4.98 Å². The molecule has 0 spiro atoms. The molecule has 1 aromatic heterocycles. The first kappa shape index (κ1) is 12.4. The summed E-state index contributed by atoms with van der Waals surface area (Å²) in [5.41, 5.74) is 2.03. The van der Waals surface area contributed by atoms with E-state index in [2.05, 4.69) is 10.3 Å². The molecule has 18 heavy (non-hydrogen) atoms. The molecule has 0 radical (unpaired) electrons. The summed E-state index contributed by atoms with van der Waals surface area (Å²) >= 11 is 0. The number of benzene rings is 1. The molecular formula is C14H16N2O2. The second kappa shape index (κ2) is 5.04. The number of amides is 1. The predicted octanol–water partition coefficient (Wildman–Crippen LogP) is 2.58. The van der Waals surface area contributed by atoms with E-state index in [-0.39, 0.29) is 11.5 Å². The Morgan fingerprint density at radius 3 is 2.83 bits per heavy atom. The van der Waals surface area contributed by atoms with Gasteiger partial charge in [-0.05, 0) is 36.9 Å². The van der Waals surface area contributed by atoms with Gasteiger partial charge in [-0.3, -0.25) is 9.59 Å². The van der Waals surface area contributed by atoms with Gasteiger partial charge in [-0.15, -0.1) is 0 Å². The smallest absolute Gasteiger partial charge is 0.251 e. The number of aromatic nitrogens is 1. The first-order valence-electron chi connectivity index (χ1n) is 6.03. The molecule has 0 fully saturated rings. The highest BCUT2D eigenvalue weighted by Crippen LogP contribution is 2.17. The maximum Gasteiger partial charge on any atom is 0.251 e. The molecule has 4 heteroatoms. The Kier molecular flexibility index (Phi) is 3.46. The Bertz CT molecular complexity index is 644. The van der Waals surface area contributed by atoms with Gasteiger partial charge < -0.3 is 10.3 Å². The molecule has 1 aromatic carbocycles. The van der Waals surface area contributed by atoms with Crippen LogP contribution in [-0.4, -0.2) is 10.9 Å². The first-order chi connectivity index (χ1) is 8.60. The zero-order valence-electron chi connectivity index (χ0n) is 10.5. The van der Waals surface area contributed by atoms with Crippen molar-refractivity contribution in [1.29, 1.82) is 0 Å². The molecule has 0 aliphatic carbocycles. The summed E-state index contributed by atoms with van der Waals surface area (Å²) in [6.07, 6.45) is 1.32. The fourth-order valence-electron chi connectivity index (χ4n) is 1.84. The van der Waals surface area contributed by atoms with Crippen LogP contribution in [0.1, 0.15) is 25.3 Å². The van der Waals surface area contributed by atoms with E-state index in [0.29, 0.717) is 17.7 Å². The lowest BCUT2D eigenvalue weighted by molar-refractivity contribution is -0.116. The van der Waals surface area contributed by atoms with E-state index in [0.717, 1.165) is 17.3 Å². The molecule has 1 heterocycles. The quantitative estimate of drug-likeness (QED) is 0.871. The van der Waals surface area contributed by atoms with Gasteiger partial charge in [-0.2, -0.15) is 0 Å². The molecule has 0 atom stereocenters. The monoisotopic (exact) mass is 244 g/mol. The van der Waals surface area contributed by atoms with Gasteiger partial charge >= 0.3 is 0 Å². The lowest BCUT2D eigenvalue weighted by atomic mass is 10.1. The number of nitrogens with one attached hydrogen (secondary N) is 2. The van der Waals surface area contributed by atoms with Crippen LogP contribution in [0.25, 0.3) is 10.9 Å². The highest BCUT2D eigenvalue weighted by Gasteiger charge is 2.03. The Morgan fingerprint density at radius 1 is 1.33 bits per heavy atom. The number of aryl methyl sites for hydroxylation is 1. The van der Waals surface area contributed by atoms with Gasteiger partial charge in [-0.1, -0.05) is 13.0 Å². The number of H-pyrrole nitrogens is 1. The van der Waals surface area contributed by atoms with E-state index >= 15 is 0 Å². The summed E-state index contributed by atoms with van der Waals surface area (Å²) in [4.78, 5) is 25.8. The number of pyridine rings is 1. The molecule has 0 aliphatic rings. The minimum Gasteiger partial charge on any atom is -0.326 e. The van der Waals surface area contributed by atoms with Gasteiger partial charge in [0.05, 0.1) is 5.52 Å². The molecule has 0 aliphatic heterocycles. The number of hydrogen-bond acceptors (Lipinski definition) is 2. The maximum absolute atomic E-state index is 11.5. The van der Waals surface area contributed by atoms with Gasteiger partial charge in [0.15, 0.2) is 0 Å². The Hall–Kier alpha value is -2.10. The fourth-order valence-corrected chi connectivity index (χ4v) is 1.84.